The van der Waals surface area contributed by atoms with Crippen LogP contribution >= 0.6 is 27.5 Å². The molecular formula is C23H26BrClN2O6. The van der Waals surface area contributed by atoms with Crippen molar-refractivity contribution in [2.45, 2.75) is 41.8 Å². The third-order valence-corrected chi connectivity index (χ3v) is 7.93. The van der Waals surface area contributed by atoms with Crippen LogP contribution in [0.5, 0.6) is 0 Å². The van der Waals surface area contributed by atoms with Crippen LogP contribution in [0.25, 0.3) is 0 Å². The van der Waals surface area contributed by atoms with Crippen LogP contribution in [0.15, 0.2) is 36.9 Å². The summed E-state index contributed by atoms with van der Waals surface area (Å²) in [6.45, 7) is 4.14. The summed E-state index contributed by atoms with van der Waals surface area (Å²) >= 11 is 9.55. The number of aliphatic carboxylic acids is 1. The van der Waals surface area contributed by atoms with E-state index in [2.05, 4.69) is 22.5 Å². The first-order chi connectivity index (χ1) is 15.8. The minimum Gasteiger partial charge on any atom is -0.481 e. The van der Waals surface area contributed by atoms with Crippen LogP contribution < -0.4 is 4.90 Å². The Hall–Kier alpha value is -1.94. The number of nitrogens with zero attached hydrogens (tertiary/aromatic N) is 2. The molecule has 0 aromatic heterocycles. The molecule has 1 aromatic rings. The van der Waals surface area contributed by atoms with Crippen LogP contribution in [-0.4, -0.2) is 75.2 Å². The van der Waals surface area contributed by atoms with E-state index in [1.807, 2.05) is 0 Å². The molecule has 2 bridgehead atoms. The lowest BCUT2D eigenvalue weighted by Gasteiger charge is -2.37. The summed E-state index contributed by atoms with van der Waals surface area (Å²) in [7, 11) is 0. The van der Waals surface area contributed by atoms with Gasteiger partial charge in [0.2, 0.25) is 5.91 Å². The van der Waals surface area contributed by atoms with Gasteiger partial charge in [0.15, 0.2) is 0 Å². The molecule has 10 heteroatoms. The van der Waals surface area contributed by atoms with Gasteiger partial charge in [-0.2, -0.15) is 0 Å². The molecule has 2 N–H and O–H groups in total. The second kappa shape index (κ2) is 9.37. The number of carboxylic acids is 1. The quantitative estimate of drug-likeness (QED) is 0.283. The molecule has 0 aliphatic carbocycles. The van der Waals surface area contributed by atoms with E-state index in [0.717, 1.165) is 0 Å². The summed E-state index contributed by atoms with van der Waals surface area (Å²) in [4.78, 5) is 42.5. The molecule has 3 aliphatic rings. The summed E-state index contributed by atoms with van der Waals surface area (Å²) in [6, 6.07) is 5.79. The fourth-order valence-electron chi connectivity index (χ4n) is 5.55. The van der Waals surface area contributed by atoms with Crippen LogP contribution in [0.2, 0.25) is 5.02 Å². The molecule has 1 spiro atoms. The number of ether oxygens (including phenoxy) is 1. The Kier molecular flexibility index (Phi) is 6.87. The molecule has 4 rings (SSSR count). The molecule has 0 radical (unpaired) electrons. The van der Waals surface area contributed by atoms with E-state index >= 15 is 0 Å². The van der Waals surface area contributed by atoms with Crippen molar-refractivity contribution in [2.75, 3.05) is 24.6 Å². The maximum atomic E-state index is 14.1. The van der Waals surface area contributed by atoms with E-state index in [4.69, 9.17) is 16.3 Å². The van der Waals surface area contributed by atoms with Gasteiger partial charge in [-0.15, -0.1) is 6.58 Å². The maximum absolute atomic E-state index is 14.1. The van der Waals surface area contributed by atoms with Gasteiger partial charge in [-0.1, -0.05) is 33.6 Å². The normalized spacial score (nSPS) is 32.2. The topological polar surface area (TPSA) is 107 Å². The lowest BCUT2D eigenvalue weighted by atomic mass is 9.70. The number of unbranched alkanes of at least 4 members (excludes halogenated alkanes) is 1. The lowest BCUT2D eigenvalue weighted by molar-refractivity contribution is -0.149. The number of likely N-dealkylation sites (tertiary alicyclic amines) is 1. The van der Waals surface area contributed by atoms with E-state index in [0.29, 0.717) is 30.0 Å². The first kappa shape index (κ1) is 24.2. The first-order valence-corrected chi connectivity index (χ1v) is 12.2. The smallest absolute Gasteiger partial charge is 0.310 e. The maximum Gasteiger partial charge on any atom is 0.310 e. The van der Waals surface area contributed by atoms with Gasteiger partial charge in [-0.05, 0) is 43.5 Å². The minimum atomic E-state index is -1.24. The zero-order valence-electron chi connectivity index (χ0n) is 17.9. The molecule has 3 unspecified atom stereocenters. The Morgan fingerprint density at radius 1 is 1.33 bits per heavy atom. The molecule has 178 valence electrons. The third kappa shape index (κ3) is 3.88. The number of carboxylic acid groups (broad SMARTS) is 1. The second-order valence-corrected chi connectivity index (χ2v) is 10.3. The number of hydrogen-bond donors (Lipinski definition) is 2. The highest BCUT2D eigenvalue weighted by atomic mass is 79.9. The van der Waals surface area contributed by atoms with Crippen LogP contribution in [-0.2, 0) is 19.1 Å². The van der Waals surface area contributed by atoms with Gasteiger partial charge in [0.1, 0.15) is 11.6 Å². The second-order valence-electron chi connectivity index (χ2n) is 8.68. The first-order valence-electron chi connectivity index (χ1n) is 10.9. The number of carbonyl (C=O) groups is 3. The fraction of sp³-hybridized carbons (Fsp3) is 0.522. The number of anilines is 1. The van der Waals surface area contributed by atoms with E-state index in [1.165, 1.54) is 9.80 Å². The SMILES string of the molecule is C=CCN(C(=O)C1N(CCCCO)C(=O)[C@@H]2[C@H](C(=O)O)[C@H]3OC12CC3Br)c1ccc(Cl)cc1. The van der Waals surface area contributed by atoms with E-state index in [1.54, 1.807) is 30.3 Å². The number of rotatable bonds is 9. The number of carbonyl (C=O) groups excluding carboxylic acids is 2. The average molecular weight is 542 g/mol. The lowest BCUT2D eigenvalue weighted by Crippen LogP contribution is -2.57. The van der Waals surface area contributed by atoms with E-state index in [9.17, 15) is 24.6 Å². The van der Waals surface area contributed by atoms with Gasteiger partial charge in [-0.25, -0.2) is 0 Å². The van der Waals surface area contributed by atoms with Crippen molar-refractivity contribution in [3.63, 3.8) is 0 Å². The van der Waals surface area contributed by atoms with Gasteiger partial charge in [-0.3, -0.25) is 14.4 Å². The highest BCUT2D eigenvalue weighted by Crippen LogP contribution is 2.60. The molecule has 33 heavy (non-hydrogen) atoms. The number of fused-ring (bicyclic) bond motifs is 1. The molecule has 0 saturated carbocycles. The largest absolute Gasteiger partial charge is 0.481 e. The number of benzene rings is 1. The number of aliphatic hydroxyl groups excluding tert-OH is 1. The summed E-state index contributed by atoms with van der Waals surface area (Å²) in [5.74, 6) is -3.81. The van der Waals surface area contributed by atoms with Gasteiger partial charge in [0, 0.05) is 35.2 Å². The summed E-state index contributed by atoms with van der Waals surface area (Å²) in [5.41, 5.74) is -0.647. The van der Waals surface area contributed by atoms with Crippen molar-refractivity contribution in [3.8, 4) is 0 Å². The molecule has 6 atom stereocenters. The van der Waals surface area contributed by atoms with Crippen molar-refractivity contribution < 1.29 is 29.3 Å². The van der Waals surface area contributed by atoms with Crippen molar-refractivity contribution in [2.24, 2.45) is 11.8 Å². The van der Waals surface area contributed by atoms with Crippen molar-refractivity contribution in [1.82, 2.24) is 4.90 Å². The molecule has 1 aromatic carbocycles. The fourth-order valence-corrected chi connectivity index (χ4v) is 6.61. The van der Waals surface area contributed by atoms with Crippen LogP contribution in [0.1, 0.15) is 19.3 Å². The number of alkyl halides is 1. The molecule has 2 amide bonds. The molecule has 3 saturated heterocycles. The monoisotopic (exact) mass is 540 g/mol. The van der Waals surface area contributed by atoms with E-state index in [-0.39, 0.29) is 36.3 Å². The highest BCUT2D eigenvalue weighted by molar-refractivity contribution is 9.09. The zero-order valence-corrected chi connectivity index (χ0v) is 20.2. The highest BCUT2D eigenvalue weighted by Gasteiger charge is 2.76. The third-order valence-electron chi connectivity index (χ3n) is 6.83. The molecule has 3 heterocycles. The molecular weight excluding hydrogens is 516 g/mol. The Labute approximate surface area is 205 Å². The van der Waals surface area contributed by atoms with E-state index < -0.39 is 35.6 Å². The number of hydrogen-bond acceptors (Lipinski definition) is 5. The predicted octanol–water partition coefficient (Wildman–Crippen LogP) is 2.46. The predicted molar refractivity (Wildman–Crippen MR) is 125 cm³/mol. The standard InChI is InChI=1S/C23H26BrClN2O6/c1-2-9-26(14-7-5-13(25)6-8-14)21(30)19-23-12-15(24)18(33-23)16(22(31)32)17(23)20(29)27(19)10-3-4-11-28/h2,5-8,15-19,28H,1,3-4,9-12H2,(H,31,32)/t15?,16-,17-,18-,19?,23?/m0/s1. The minimum absolute atomic E-state index is 0.0393. The zero-order chi connectivity index (χ0) is 23.9. The molecule has 3 aliphatic heterocycles. The van der Waals surface area contributed by atoms with Crippen molar-refractivity contribution in [1.29, 1.82) is 0 Å². The van der Waals surface area contributed by atoms with Gasteiger partial charge >= 0.3 is 5.97 Å². The van der Waals surface area contributed by atoms with Crippen molar-refractivity contribution >= 4 is 51.0 Å². The molecule has 8 nitrogen and oxygen atoms in total. The Balaban J connectivity index is 1.77. The van der Waals surface area contributed by atoms with Crippen LogP contribution in [0, 0.1) is 11.8 Å². The summed E-state index contributed by atoms with van der Waals surface area (Å²) in [6.07, 6.45) is 2.20. The van der Waals surface area contributed by atoms with Gasteiger partial charge in [0.25, 0.3) is 5.91 Å². The van der Waals surface area contributed by atoms with Crippen LogP contribution in [0.4, 0.5) is 5.69 Å². The summed E-state index contributed by atoms with van der Waals surface area (Å²) in [5, 5.41) is 19.6. The number of amides is 2. The number of aliphatic hydroxyl groups is 1. The van der Waals surface area contributed by atoms with Gasteiger partial charge in [0.05, 0.1) is 17.9 Å². The average Bonchev–Trinajstić information content (AvgIpc) is 3.36. The Bertz CT molecular complexity index is 959. The molecule has 3 fully saturated rings. The van der Waals surface area contributed by atoms with Gasteiger partial charge < -0.3 is 24.7 Å². The number of halogens is 2. The van der Waals surface area contributed by atoms with Crippen LogP contribution in [0.3, 0.4) is 0 Å². The van der Waals surface area contributed by atoms with Crippen molar-refractivity contribution in [3.05, 3.63) is 41.9 Å². The summed E-state index contributed by atoms with van der Waals surface area (Å²) < 4.78 is 6.26. The Morgan fingerprint density at radius 3 is 2.64 bits per heavy atom. The Morgan fingerprint density at radius 2 is 2.03 bits per heavy atom.